The van der Waals surface area contributed by atoms with Gasteiger partial charge < -0.3 is 10.6 Å². The van der Waals surface area contributed by atoms with Gasteiger partial charge in [0.1, 0.15) is 6.07 Å². The highest BCUT2D eigenvalue weighted by atomic mass is 15.1. The van der Waals surface area contributed by atoms with Crippen LogP contribution in [0.4, 0.5) is 17.1 Å². The van der Waals surface area contributed by atoms with Gasteiger partial charge in [0.05, 0.1) is 5.56 Å². The quantitative estimate of drug-likeness (QED) is 0.848. The first-order valence-electron chi connectivity index (χ1n) is 6.30. The summed E-state index contributed by atoms with van der Waals surface area (Å²) in [6.45, 7) is 5.01. The van der Waals surface area contributed by atoms with E-state index in [0.29, 0.717) is 11.3 Å². The highest BCUT2D eigenvalue weighted by molar-refractivity contribution is 5.70. The maximum atomic E-state index is 9.07. The zero-order chi connectivity index (χ0) is 13.8. The Morgan fingerprint density at radius 1 is 1.21 bits per heavy atom. The molecule has 0 bridgehead atoms. The van der Waals surface area contributed by atoms with Crippen molar-refractivity contribution in [2.24, 2.45) is 0 Å². The Morgan fingerprint density at radius 3 is 2.58 bits per heavy atom. The Hall–Kier alpha value is -2.47. The molecular weight excluding hydrogens is 234 g/mol. The third kappa shape index (κ3) is 2.53. The molecule has 0 aliphatic carbocycles. The molecule has 3 heteroatoms. The van der Waals surface area contributed by atoms with E-state index in [1.165, 1.54) is 5.56 Å². The van der Waals surface area contributed by atoms with Gasteiger partial charge in [-0.1, -0.05) is 18.2 Å². The SMILES string of the molecule is CCN(c1ccc(N)c(C#N)c1)c1ccccc1C. The maximum absolute atomic E-state index is 9.07. The zero-order valence-corrected chi connectivity index (χ0v) is 11.2. The zero-order valence-electron chi connectivity index (χ0n) is 11.2. The van der Waals surface area contributed by atoms with E-state index in [1.807, 2.05) is 24.3 Å². The van der Waals surface area contributed by atoms with Crippen molar-refractivity contribution in [2.75, 3.05) is 17.2 Å². The Labute approximate surface area is 113 Å². The van der Waals surface area contributed by atoms with Crippen LogP contribution < -0.4 is 10.6 Å². The van der Waals surface area contributed by atoms with E-state index in [1.54, 1.807) is 6.07 Å². The second kappa shape index (κ2) is 5.45. The molecule has 0 aromatic heterocycles. The molecule has 0 radical (unpaired) electrons. The van der Waals surface area contributed by atoms with Crippen LogP contribution in [0.5, 0.6) is 0 Å². The topological polar surface area (TPSA) is 53.0 Å². The Bertz CT molecular complexity index is 626. The average molecular weight is 251 g/mol. The Balaban J connectivity index is 2.49. The van der Waals surface area contributed by atoms with Gasteiger partial charge in [-0.05, 0) is 43.7 Å². The number of nitrogens with zero attached hydrogens (tertiary/aromatic N) is 2. The standard InChI is InChI=1S/C16H17N3/c1-3-19(16-7-5-4-6-12(16)2)14-8-9-15(18)13(10-14)11-17/h4-10H,3,18H2,1-2H3. The van der Waals surface area contributed by atoms with Crippen LogP contribution in [0, 0.1) is 18.3 Å². The van der Waals surface area contributed by atoms with Crippen LogP contribution in [0.3, 0.4) is 0 Å². The molecule has 0 saturated carbocycles. The molecule has 2 N–H and O–H groups in total. The van der Waals surface area contributed by atoms with E-state index in [0.717, 1.165) is 17.9 Å². The molecule has 0 unspecified atom stereocenters. The average Bonchev–Trinajstić information content (AvgIpc) is 2.43. The van der Waals surface area contributed by atoms with Gasteiger partial charge in [0.15, 0.2) is 0 Å². The molecule has 2 rings (SSSR count). The second-order valence-electron chi connectivity index (χ2n) is 4.41. The highest BCUT2D eigenvalue weighted by Gasteiger charge is 2.11. The molecule has 0 spiro atoms. The number of hydrogen-bond donors (Lipinski definition) is 1. The smallest absolute Gasteiger partial charge is 0.101 e. The summed E-state index contributed by atoms with van der Waals surface area (Å²) in [7, 11) is 0. The minimum atomic E-state index is 0.518. The monoisotopic (exact) mass is 251 g/mol. The van der Waals surface area contributed by atoms with Crippen LogP contribution in [0.25, 0.3) is 0 Å². The molecule has 96 valence electrons. The van der Waals surface area contributed by atoms with Crippen LogP contribution in [-0.2, 0) is 0 Å². The minimum Gasteiger partial charge on any atom is -0.398 e. The molecule has 3 nitrogen and oxygen atoms in total. The summed E-state index contributed by atoms with van der Waals surface area (Å²) >= 11 is 0. The highest BCUT2D eigenvalue weighted by Crippen LogP contribution is 2.29. The van der Waals surface area contributed by atoms with E-state index in [2.05, 4.69) is 36.9 Å². The van der Waals surface area contributed by atoms with Crippen LogP contribution in [-0.4, -0.2) is 6.54 Å². The fraction of sp³-hybridized carbons (Fsp3) is 0.188. The number of nitriles is 1. The largest absolute Gasteiger partial charge is 0.398 e. The third-order valence-electron chi connectivity index (χ3n) is 3.19. The van der Waals surface area contributed by atoms with Crippen LogP contribution in [0.1, 0.15) is 18.1 Å². The van der Waals surface area contributed by atoms with E-state index in [9.17, 15) is 0 Å². The molecule has 19 heavy (non-hydrogen) atoms. The van der Waals surface area contributed by atoms with Crippen molar-refractivity contribution >= 4 is 17.1 Å². The van der Waals surface area contributed by atoms with Gasteiger partial charge in [-0.15, -0.1) is 0 Å². The number of nitrogen functional groups attached to an aromatic ring is 1. The minimum absolute atomic E-state index is 0.518. The van der Waals surface area contributed by atoms with Crippen LogP contribution in [0.2, 0.25) is 0 Å². The molecular formula is C16H17N3. The van der Waals surface area contributed by atoms with Crippen molar-refractivity contribution in [3.05, 3.63) is 53.6 Å². The van der Waals surface area contributed by atoms with Gasteiger partial charge in [0, 0.05) is 23.6 Å². The Morgan fingerprint density at radius 2 is 1.95 bits per heavy atom. The molecule has 0 amide bonds. The van der Waals surface area contributed by atoms with Crippen LogP contribution in [0.15, 0.2) is 42.5 Å². The van der Waals surface area contributed by atoms with E-state index >= 15 is 0 Å². The number of hydrogen-bond acceptors (Lipinski definition) is 3. The molecule has 0 aliphatic rings. The van der Waals surface area contributed by atoms with Crippen molar-refractivity contribution in [3.63, 3.8) is 0 Å². The predicted octanol–water partition coefficient (Wildman–Crippen LogP) is 3.61. The summed E-state index contributed by atoms with van der Waals surface area (Å²) in [6.07, 6.45) is 0. The Kier molecular flexibility index (Phi) is 3.72. The molecule has 0 aliphatic heterocycles. The number of aryl methyl sites for hydroxylation is 1. The number of rotatable bonds is 3. The van der Waals surface area contributed by atoms with Gasteiger partial charge in [-0.25, -0.2) is 0 Å². The number of benzene rings is 2. The molecule has 0 heterocycles. The van der Waals surface area contributed by atoms with Crippen molar-refractivity contribution in [2.45, 2.75) is 13.8 Å². The third-order valence-corrected chi connectivity index (χ3v) is 3.19. The van der Waals surface area contributed by atoms with E-state index in [-0.39, 0.29) is 0 Å². The van der Waals surface area contributed by atoms with Crippen molar-refractivity contribution < 1.29 is 0 Å². The van der Waals surface area contributed by atoms with Crippen molar-refractivity contribution in [1.82, 2.24) is 0 Å². The summed E-state index contributed by atoms with van der Waals surface area (Å²) < 4.78 is 0. The van der Waals surface area contributed by atoms with E-state index in [4.69, 9.17) is 11.0 Å². The lowest BCUT2D eigenvalue weighted by Crippen LogP contribution is -2.17. The molecule has 0 fully saturated rings. The molecule has 0 saturated heterocycles. The summed E-state index contributed by atoms with van der Waals surface area (Å²) in [5.41, 5.74) is 10.2. The van der Waals surface area contributed by atoms with Gasteiger partial charge in [-0.3, -0.25) is 0 Å². The van der Waals surface area contributed by atoms with Gasteiger partial charge in [0.25, 0.3) is 0 Å². The summed E-state index contributed by atoms with van der Waals surface area (Å²) in [5.74, 6) is 0. The number of para-hydroxylation sites is 1. The molecule has 0 atom stereocenters. The van der Waals surface area contributed by atoms with E-state index < -0.39 is 0 Å². The summed E-state index contributed by atoms with van der Waals surface area (Å²) in [5, 5.41) is 9.07. The number of anilines is 3. The maximum Gasteiger partial charge on any atom is 0.101 e. The van der Waals surface area contributed by atoms with Gasteiger partial charge >= 0.3 is 0 Å². The second-order valence-corrected chi connectivity index (χ2v) is 4.41. The van der Waals surface area contributed by atoms with Crippen molar-refractivity contribution in [3.8, 4) is 6.07 Å². The molecule has 2 aromatic carbocycles. The van der Waals surface area contributed by atoms with Crippen molar-refractivity contribution in [1.29, 1.82) is 5.26 Å². The number of nitrogens with two attached hydrogens (primary N) is 1. The summed E-state index contributed by atoms with van der Waals surface area (Å²) in [6, 6.07) is 15.9. The first-order chi connectivity index (χ1) is 9.17. The lowest BCUT2D eigenvalue weighted by atomic mass is 10.1. The fourth-order valence-electron chi connectivity index (χ4n) is 2.17. The van der Waals surface area contributed by atoms with Gasteiger partial charge in [0.2, 0.25) is 0 Å². The lowest BCUT2D eigenvalue weighted by molar-refractivity contribution is 1.02. The lowest BCUT2D eigenvalue weighted by Gasteiger charge is -2.25. The van der Waals surface area contributed by atoms with Crippen LogP contribution >= 0.6 is 0 Å². The molecule has 2 aromatic rings. The fourth-order valence-corrected chi connectivity index (χ4v) is 2.17. The predicted molar refractivity (Wildman–Crippen MR) is 79.4 cm³/mol. The normalized spacial score (nSPS) is 9.95. The first kappa shape index (κ1) is 13.0. The first-order valence-corrected chi connectivity index (χ1v) is 6.30. The van der Waals surface area contributed by atoms with Gasteiger partial charge in [-0.2, -0.15) is 5.26 Å². The summed E-state index contributed by atoms with van der Waals surface area (Å²) in [4.78, 5) is 2.18.